The van der Waals surface area contributed by atoms with Crippen molar-refractivity contribution < 1.29 is 9.53 Å². The molecule has 25 heavy (non-hydrogen) atoms. The van der Waals surface area contributed by atoms with Crippen LogP contribution in [0, 0.1) is 11.3 Å². The summed E-state index contributed by atoms with van der Waals surface area (Å²) in [6.45, 7) is 0.299. The van der Waals surface area contributed by atoms with E-state index in [4.69, 9.17) is 10.00 Å². The Morgan fingerprint density at radius 2 is 2.04 bits per heavy atom. The number of nitrogens with zero attached hydrogens (tertiary/aromatic N) is 3. The molecule has 0 radical (unpaired) electrons. The Bertz CT molecular complexity index is 1020. The second kappa shape index (κ2) is 7.41. The van der Waals surface area contributed by atoms with E-state index < -0.39 is 5.97 Å². The first-order valence-electron chi connectivity index (χ1n) is 7.76. The SMILES string of the molecule is N#Cc1cccc(COC(=O)CCn2cnc3ccccc3c2=O)c1. The lowest BCUT2D eigenvalue weighted by Crippen LogP contribution is -2.22. The molecule has 0 aliphatic carbocycles. The fourth-order valence-electron chi connectivity index (χ4n) is 2.44. The molecule has 6 nitrogen and oxygen atoms in total. The van der Waals surface area contributed by atoms with Gasteiger partial charge in [-0.1, -0.05) is 24.3 Å². The fraction of sp³-hybridized carbons (Fsp3) is 0.158. The van der Waals surface area contributed by atoms with Crippen LogP contribution in [0.4, 0.5) is 0 Å². The Hall–Kier alpha value is -3.46. The summed E-state index contributed by atoms with van der Waals surface area (Å²) >= 11 is 0. The number of hydrogen-bond donors (Lipinski definition) is 0. The van der Waals surface area contributed by atoms with Gasteiger partial charge >= 0.3 is 5.97 Å². The molecule has 0 saturated carbocycles. The van der Waals surface area contributed by atoms with Crippen molar-refractivity contribution in [2.45, 2.75) is 19.6 Å². The second-order valence-electron chi connectivity index (χ2n) is 5.48. The number of esters is 1. The molecule has 0 aliphatic heterocycles. The van der Waals surface area contributed by atoms with E-state index in [0.29, 0.717) is 16.5 Å². The van der Waals surface area contributed by atoms with Crippen LogP contribution >= 0.6 is 0 Å². The molecule has 1 aromatic heterocycles. The maximum atomic E-state index is 12.3. The molecule has 0 saturated heterocycles. The molecule has 0 bridgehead atoms. The van der Waals surface area contributed by atoms with Crippen LogP contribution in [0.15, 0.2) is 59.7 Å². The summed E-state index contributed by atoms with van der Waals surface area (Å²) in [4.78, 5) is 28.4. The van der Waals surface area contributed by atoms with E-state index in [0.717, 1.165) is 5.56 Å². The van der Waals surface area contributed by atoms with Crippen LogP contribution in [0.5, 0.6) is 0 Å². The number of aryl methyl sites for hydroxylation is 1. The minimum Gasteiger partial charge on any atom is -0.461 e. The highest BCUT2D eigenvalue weighted by Gasteiger charge is 2.08. The summed E-state index contributed by atoms with van der Waals surface area (Å²) in [5.74, 6) is -0.414. The third-order valence-electron chi connectivity index (χ3n) is 3.74. The fourth-order valence-corrected chi connectivity index (χ4v) is 2.44. The van der Waals surface area contributed by atoms with Crippen molar-refractivity contribution in [2.24, 2.45) is 0 Å². The maximum Gasteiger partial charge on any atom is 0.307 e. The van der Waals surface area contributed by atoms with Crippen LogP contribution < -0.4 is 5.56 Å². The van der Waals surface area contributed by atoms with Crippen molar-refractivity contribution in [3.63, 3.8) is 0 Å². The van der Waals surface area contributed by atoms with Crippen molar-refractivity contribution in [3.8, 4) is 6.07 Å². The van der Waals surface area contributed by atoms with Gasteiger partial charge in [0, 0.05) is 6.54 Å². The number of fused-ring (bicyclic) bond motifs is 1. The molecule has 3 aromatic rings. The highest BCUT2D eigenvalue weighted by molar-refractivity contribution is 5.77. The normalized spacial score (nSPS) is 10.4. The van der Waals surface area contributed by atoms with Gasteiger partial charge in [-0.3, -0.25) is 14.2 Å². The van der Waals surface area contributed by atoms with Crippen molar-refractivity contribution in [1.29, 1.82) is 5.26 Å². The molecule has 0 N–H and O–H groups in total. The second-order valence-corrected chi connectivity index (χ2v) is 5.48. The van der Waals surface area contributed by atoms with E-state index >= 15 is 0 Å². The first-order valence-corrected chi connectivity index (χ1v) is 7.76. The molecule has 2 aromatic carbocycles. The largest absolute Gasteiger partial charge is 0.461 e. The topological polar surface area (TPSA) is 85.0 Å². The molecular weight excluding hydrogens is 318 g/mol. The van der Waals surface area contributed by atoms with E-state index in [-0.39, 0.29) is 25.1 Å². The highest BCUT2D eigenvalue weighted by Crippen LogP contribution is 2.07. The molecule has 3 rings (SSSR count). The molecule has 0 fully saturated rings. The van der Waals surface area contributed by atoms with Crippen molar-refractivity contribution in [2.75, 3.05) is 0 Å². The number of carbonyl (C=O) groups excluding carboxylic acids is 1. The molecule has 124 valence electrons. The van der Waals surface area contributed by atoms with Gasteiger partial charge in [-0.15, -0.1) is 0 Å². The molecule has 0 aliphatic rings. The highest BCUT2D eigenvalue weighted by atomic mass is 16.5. The Labute approximate surface area is 143 Å². The van der Waals surface area contributed by atoms with Crippen molar-refractivity contribution in [3.05, 3.63) is 76.3 Å². The van der Waals surface area contributed by atoms with E-state index in [2.05, 4.69) is 4.98 Å². The first kappa shape index (κ1) is 16.4. The molecule has 0 atom stereocenters. The maximum absolute atomic E-state index is 12.3. The first-order chi connectivity index (χ1) is 12.2. The van der Waals surface area contributed by atoms with Crippen LogP contribution in [0.1, 0.15) is 17.5 Å². The zero-order valence-electron chi connectivity index (χ0n) is 13.4. The summed E-state index contributed by atoms with van der Waals surface area (Å²) in [5.41, 5.74) is 1.71. The molecule has 1 heterocycles. The Morgan fingerprint density at radius 1 is 1.20 bits per heavy atom. The van der Waals surface area contributed by atoms with Gasteiger partial charge in [0.1, 0.15) is 6.61 Å². The summed E-state index contributed by atoms with van der Waals surface area (Å²) in [5, 5.41) is 9.38. The van der Waals surface area contributed by atoms with Crippen molar-refractivity contribution in [1.82, 2.24) is 9.55 Å². The van der Waals surface area contributed by atoms with Crippen LogP contribution in [-0.4, -0.2) is 15.5 Å². The monoisotopic (exact) mass is 333 g/mol. The summed E-state index contributed by atoms with van der Waals surface area (Å²) in [6, 6.07) is 16.0. The minimum atomic E-state index is -0.414. The van der Waals surface area contributed by atoms with Gasteiger partial charge in [0.25, 0.3) is 5.56 Å². The number of aromatic nitrogens is 2. The third-order valence-corrected chi connectivity index (χ3v) is 3.74. The van der Waals surface area contributed by atoms with Crippen molar-refractivity contribution >= 4 is 16.9 Å². The average Bonchev–Trinajstić information content (AvgIpc) is 2.66. The summed E-state index contributed by atoms with van der Waals surface area (Å²) in [6.07, 6.45) is 1.51. The van der Waals surface area contributed by atoms with Gasteiger partial charge in [-0.2, -0.15) is 5.26 Å². The lowest BCUT2D eigenvalue weighted by molar-refractivity contribution is -0.145. The molecular formula is C19H15N3O3. The smallest absolute Gasteiger partial charge is 0.307 e. The number of nitriles is 1. The van der Waals surface area contributed by atoms with E-state index in [1.807, 2.05) is 12.1 Å². The predicted molar refractivity (Wildman–Crippen MR) is 91.6 cm³/mol. The minimum absolute atomic E-state index is 0.0673. The number of ether oxygens (including phenoxy) is 1. The van der Waals surface area contributed by atoms with E-state index in [9.17, 15) is 9.59 Å². The molecule has 6 heteroatoms. The van der Waals surface area contributed by atoms with Gasteiger partial charge in [0.15, 0.2) is 0 Å². The van der Waals surface area contributed by atoms with Crippen LogP contribution in [0.2, 0.25) is 0 Å². The van der Waals surface area contributed by atoms with Crippen LogP contribution in [-0.2, 0) is 22.7 Å². The number of para-hydroxylation sites is 1. The lowest BCUT2D eigenvalue weighted by atomic mass is 10.1. The van der Waals surface area contributed by atoms with Crippen LogP contribution in [0.3, 0.4) is 0 Å². The third kappa shape index (κ3) is 3.90. The lowest BCUT2D eigenvalue weighted by Gasteiger charge is -2.07. The molecule has 0 spiro atoms. The quantitative estimate of drug-likeness (QED) is 0.669. The Kier molecular flexibility index (Phi) is 4.86. The number of benzene rings is 2. The van der Waals surface area contributed by atoms with Gasteiger partial charge in [0.05, 0.1) is 35.3 Å². The standard InChI is InChI=1S/C19H15N3O3/c20-11-14-4-3-5-15(10-14)12-25-18(23)8-9-22-13-21-17-7-2-1-6-16(17)19(22)24/h1-7,10,13H,8-9,12H2. The summed E-state index contributed by atoms with van der Waals surface area (Å²) < 4.78 is 6.60. The summed E-state index contributed by atoms with van der Waals surface area (Å²) in [7, 11) is 0. The van der Waals surface area contributed by atoms with Gasteiger partial charge in [0.2, 0.25) is 0 Å². The number of rotatable bonds is 5. The van der Waals surface area contributed by atoms with Gasteiger partial charge in [-0.05, 0) is 29.8 Å². The predicted octanol–water partition coefficient (Wildman–Crippen LogP) is 2.40. The number of hydrogen-bond acceptors (Lipinski definition) is 5. The average molecular weight is 333 g/mol. The van der Waals surface area contributed by atoms with Gasteiger partial charge in [-0.25, -0.2) is 4.98 Å². The molecule has 0 unspecified atom stereocenters. The van der Waals surface area contributed by atoms with Crippen LogP contribution in [0.25, 0.3) is 10.9 Å². The number of carbonyl (C=O) groups is 1. The zero-order chi connectivity index (χ0) is 17.6. The van der Waals surface area contributed by atoms with Gasteiger partial charge < -0.3 is 4.74 Å². The zero-order valence-corrected chi connectivity index (χ0v) is 13.4. The molecule has 0 amide bonds. The van der Waals surface area contributed by atoms with E-state index in [1.165, 1.54) is 10.9 Å². The Morgan fingerprint density at radius 3 is 2.88 bits per heavy atom. The Balaban J connectivity index is 1.60. The van der Waals surface area contributed by atoms with E-state index in [1.54, 1.807) is 42.5 Å².